The molecule has 0 saturated heterocycles. The molecule has 0 atom stereocenters. The van der Waals surface area contributed by atoms with Gasteiger partial charge in [0.1, 0.15) is 11.5 Å². The number of halogens is 1. The summed E-state index contributed by atoms with van der Waals surface area (Å²) in [7, 11) is 0. The highest BCUT2D eigenvalue weighted by atomic mass is 35.5. The van der Waals surface area contributed by atoms with Gasteiger partial charge in [-0.25, -0.2) is 14.6 Å². The molecule has 5 nitrogen and oxygen atoms in total. The summed E-state index contributed by atoms with van der Waals surface area (Å²) in [6.45, 7) is 1.80. The van der Waals surface area contributed by atoms with Gasteiger partial charge in [0.15, 0.2) is 5.82 Å². The summed E-state index contributed by atoms with van der Waals surface area (Å²) in [5, 5.41) is 14.4. The van der Waals surface area contributed by atoms with E-state index in [0.29, 0.717) is 16.9 Å². The number of rotatable bonds is 3. The van der Waals surface area contributed by atoms with Gasteiger partial charge in [0.25, 0.3) is 0 Å². The Kier molecular flexibility index (Phi) is 2.80. The van der Waals surface area contributed by atoms with Crippen molar-refractivity contribution in [1.82, 2.24) is 19.7 Å². The van der Waals surface area contributed by atoms with Crippen molar-refractivity contribution in [2.24, 2.45) is 0 Å². The first-order valence-corrected chi connectivity index (χ1v) is 6.25. The molecule has 0 amide bonds. The SMILES string of the molecule is Cc1cc(-n2nc(C3CC3)c(CO)c2Cl)ncn1. The largest absolute Gasteiger partial charge is 0.391 e. The van der Waals surface area contributed by atoms with Crippen LogP contribution in [0.5, 0.6) is 0 Å². The van der Waals surface area contributed by atoms with Crippen molar-refractivity contribution >= 4 is 11.6 Å². The number of aliphatic hydroxyl groups is 1. The Morgan fingerprint density at radius 3 is 2.83 bits per heavy atom. The van der Waals surface area contributed by atoms with Gasteiger partial charge in [-0.05, 0) is 19.8 Å². The molecule has 2 aromatic rings. The van der Waals surface area contributed by atoms with Crippen molar-refractivity contribution in [3.05, 3.63) is 34.5 Å². The summed E-state index contributed by atoms with van der Waals surface area (Å²) >= 11 is 6.27. The zero-order valence-corrected chi connectivity index (χ0v) is 10.7. The fraction of sp³-hybridized carbons (Fsp3) is 0.417. The van der Waals surface area contributed by atoms with Crippen molar-refractivity contribution < 1.29 is 5.11 Å². The van der Waals surface area contributed by atoms with Crippen LogP contribution in [-0.4, -0.2) is 24.9 Å². The number of aliphatic hydroxyl groups excluding tert-OH is 1. The summed E-state index contributed by atoms with van der Waals surface area (Å²) in [6, 6.07) is 1.82. The monoisotopic (exact) mass is 264 g/mol. The predicted molar refractivity (Wildman–Crippen MR) is 66.8 cm³/mol. The molecular formula is C12H13ClN4O. The minimum atomic E-state index is -0.0886. The number of nitrogens with zero attached hydrogens (tertiary/aromatic N) is 4. The van der Waals surface area contributed by atoms with E-state index in [9.17, 15) is 5.11 Å². The average molecular weight is 265 g/mol. The van der Waals surface area contributed by atoms with Gasteiger partial charge in [0.2, 0.25) is 0 Å². The van der Waals surface area contributed by atoms with Crippen LogP contribution in [0.15, 0.2) is 12.4 Å². The first kappa shape index (κ1) is 11.6. The number of hydrogen-bond donors (Lipinski definition) is 1. The number of hydrogen-bond acceptors (Lipinski definition) is 4. The molecular weight excluding hydrogens is 252 g/mol. The van der Waals surface area contributed by atoms with Crippen LogP contribution < -0.4 is 0 Å². The van der Waals surface area contributed by atoms with Crippen molar-refractivity contribution in [3.63, 3.8) is 0 Å². The fourth-order valence-electron chi connectivity index (χ4n) is 1.98. The summed E-state index contributed by atoms with van der Waals surface area (Å²) in [4.78, 5) is 8.21. The van der Waals surface area contributed by atoms with Crippen molar-refractivity contribution in [1.29, 1.82) is 0 Å². The van der Waals surface area contributed by atoms with Crippen LogP contribution in [0, 0.1) is 6.92 Å². The van der Waals surface area contributed by atoms with Gasteiger partial charge in [0.05, 0.1) is 12.3 Å². The van der Waals surface area contributed by atoms with Gasteiger partial charge in [-0.3, -0.25) is 0 Å². The molecule has 1 fully saturated rings. The lowest BCUT2D eigenvalue weighted by atomic mass is 10.2. The van der Waals surface area contributed by atoms with Crippen LogP contribution in [0.4, 0.5) is 0 Å². The van der Waals surface area contributed by atoms with Crippen LogP contribution in [0.1, 0.15) is 35.7 Å². The molecule has 2 aromatic heterocycles. The second-order valence-electron chi connectivity index (χ2n) is 4.52. The van der Waals surface area contributed by atoms with Crippen molar-refractivity contribution in [2.75, 3.05) is 0 Å². The molecule has 0 radical (unpaired) electrons. The maximum absolute atomic E-state index is 9.42. The molecule has 0 spiro atoms. The first-order valence-electron chi connectivity index (χ1n) is 5.88. The molecule has 0 aliphatic heterocycles. The molecule has 6 heteroatoms. The summed E-state index contributed by atoms with van der Waals surface area (Å²) < 4.78 is 1.58. The zero-order valence-electron chi connectivity index (χ0n) is 9.97. The van der Waals surface area contributed by atoms with Gasteiger partial charge in [-0.1, -0.05) is 11.6 Å². The standard InChI is InChI=1S/C12H13ClN4O/c1-7-4-10(15-6-14-7)17-12(13)9(5-18)11(16-17)8-2-3-8/h4,6,8,18H,2-3,5H2,1H3. The minimum absolute atomic E-state index is 0.0886. The lowest BCUT2D eigenvalue weighted by Gasteiger charge is -2.02. The maximum atomic E-state index is 9.42. The third-order valence-corrected chi connectivity index (χ3v) is 3.47. The van der Waals surface area contributed by atoms with E-state index in [1.807, 2.05) is 13.0 Å². The molecule has 1 aliphatic rings. The van der Waals surface area contributed by atoms with Crippen LogP contribution in [0.3, 0.4) is 0 Å². The maximum Gasteiger partial charge on any atom is 0.158 e. The molecule has 0 bridgehead atoms. The molecule has 0 aromatic carbocycles. The highest BCUT2D eigenvalue weighted by Crippen LogP contribution is 2.42. The third kappa shape index (κ3) is 1.89. The summed E-state index contributed by atoms with van der Waals surface area (Å²) in [5.74, 6) is 1.07. The normalized spacial score (nSPS) is 15.1. The van der Waals surface area contributed by atoms with E-state index < -0.39 is 0 Å². The average Bonchev–Trinajstić information content (AvgIpc) is 3.13. The van der Waals surface area contributed by atoms with Gasteiger partial charge < -0.3 is 5.11 Å². The van der Waals surface area contributed by atoms with E-state index in [-0.39, 0.29) is 6.61 Å². The lowest BCUT2D eigenvalue weighted by molar-refractivity contribution is 0.280. The Hall–Kier alpha value is -1.46. The van der Waals surface area contributed by atoms with E-state index in [1.54, 1.807) is 4.68 Å². The molecule has 2 heterocycles. The quantitative estimate of drug-likeness (QED) is 0.921. The Labute approximate surface area is 109 Å². The van der Waals surface area contributed by atoms with Gasteiger partial charge >= 0.3 is 0 Å². The molecule has 3 rings (SSSR count). The summed E-state index contributed by atoms with van der Waals surface area (Å²) in [6.07, 6.45) is 3.71. The van der Waals surface area contributed by atoms with E-state index in [4.69, 9.17) is 11.6 Å². The smallest absolute Gasteiger partial charge is 0.158 e. The topological polar surface area (TPSA) is 63.8 Å². The van der Waals surface area contributed by atoms with E-state index >= 15 is 0 Å². The number of aromatic nitrogens is 4. The molecule has 0 unspecified atom stereocenters. The van der Waals surface area contributed by atoms with Gasteiger partial charge in [0, 0.05) is 23.2 Å². The molecule has 1 N–H and O–H groups in total. The Morgan fingerprint density at radius 2 is 2.22 bits per heavy atom. The Balaban J connectivity index is 2.12. The Morgan fingerprint density at radius 1 is 1.44 bits per heavy atom. The zero-order chi connectivity index (χ0) is 12.7. The highest BCUT2D eigenvalue weighted by molar-refractivity contribution is 6.30. The van der Waals surface area contributed by atoms with Crippen molar-refractivity contribution in [2.45, 2.75) is 32.3 Å². The van der Waals surface area contributed by atoms with E-state index in [2.05, 4.69) is 15.1 Å². The first-order chi connectivity index (χ1) is 8.70. The summed E-state index contributed by atoms with van der Waals surface area (Å²) in [5.41, 5.74) is 2.47. The molecule has 18 heavy (non-hydrogen) atoms. The van der Waals surface area contributed by atoms with Crippen LogP contribution >= 0.6 is 11.6 Å². The van der Waals surface area contributed by atoms with E-state index in [0.717, 1.165) is 29.8 Å². The van der Waals surface area contributed by atoms with Crippen LogP contribution in [-0.2, 0) is 6.61 Å². The third-order valence-electron chi connectivity index (χ3n) is 3.08. The van der Waals surface area contributed by atoms with Gasteiger partial charge in [-0.2, -0.15) is 5.10 Å². The van der Waals surface area contributed by atoms with Crippen molar-refractivity contribution in [3.8, 4) is 5.82 Å². The molecule has 1 saturated carbocycles. The minimum Gasteiger partial charge on any atom is -0.391 e. The lowest BCUT2D eigenvalue weighted by Crippen LogP contribution is -2.01. The Bertz CT molecular complexity index is 592. The highest BCUT2D eigenvalue weighted by Gasteiger charge is 2.31. The van der Waals surface area contributed by atoms with Gasteiger partial charge in [-0.15, -0.1) is 0 Å². The second-order valence-corrected chi connectivity index (χ2v) is 4.87. The van der Waals surface area contributed by atoms with Crippen LogP contribution in [0.2, 0.25) is 5.15 Å². The fourth-order valence-corrected chi connectivity index (χ4v) is 2.27. The van der Waals surface area contributed by atoms with E-state index in [1.165, 1.54) is 6.33 Å². The second kappa shape index (κ2) is 4.33. The predicted octanol–water partition coefficient (Wildman–Crippen LogP) is 1.99. The molecule has 94 valence electrons. The van der Waals surface area contributed by atoms with Crippen LogP contribution in [0.25, 0.3) is 5.82 Å². The molecule has 1 aliphatic carbocycles. The number of aryl methyl sites for hydroxylation is 1.